The summed E-state index contributed by atoms with van der Waals surface area (Å²) in [4.78, 5) is 0. The standard InChI is InChI=1S/C11H24O2Si/c1-5-12-11(9-10-11)13-14(6-2,7-3)8-4/h5-10H2,1-4H3. The Morgan fingerprint density at radius 2 is 1.50 bits per heavy atom. The van der Waals surface area contributed by atoms with Crippen molar-refractivity contribution in [1.29, 1.82) is 0 Å². The van der Waals surface area contributed by atoms with Crippen LogP contribution in [-0.4, -0.2) is 20.7 Å². The van der Waals surface area contributed by atoms with Gasteiger partial charge in [-0.1, -0.05) is 20.8 Å². The molecule has 84 valence electrons. The van der Waals surface area contributed by atoms with Crippen molar-refractivity contribution in [3.63, 3.8) is 0 Å². The van der Waals surface area contributed by atoms with Gasteiger partial charge >= 0.3 is 0 Å². The van der Waals surface area contributed by atoms with Crippen molar-refractivity contribution >= 4 is 8.32 Å². The zero-order valence-corrected chi connectivity index (χ0v) is 11.1. The van der Waals surface area contributed by atoms with Gasteiger partial charge in [0.25, 0.3) is 0 Å². The van der Waals surface area contributed by atoms with Gasteiger partial charge in [0, 0.05) is 19.4 Å². The molecule has 2 nitrogen and oxygen atoms in total. The van der Waals surface area contributed by atoms with Crippen LogP contribution in [0.25, 0.3) is 0 Å². The Morgan fingerprint density at radius 3 is 1.79 bits per heavy atom. The van der Waals surface area contributed by atoms with E-state index >= 15 is 0 Å². The molecular formula is C11H24O2Si. The molecule has 0 aliphatic heterocycles. The Morgan fingerprint density at radius 1 is 1.00 bits per heavy atom. The molecule has 3 heteroatoms. The zero-order valence-electron chi connectivity index (χ0n) is 10.1. The third-order valence-electron chi connectivity index (χ3n) is 3.40. The number of ether oxygens (including phenoxy) is 1. The lowest BCUT2D eigenvalue weighted by atomic mass is 10.7. The van der Waals surface area contributed by atoms with E-state index in [4.69, 9.17) is 9.16 Å². The van der Waals surface area contributed by atoms with Crippen molar-refractivity contribution in [2.75, 3.05) is 6.61 Å². The summed E-state index contributed by atoms with van der Waals surface area (Å²) < 4.78 is 12.1. The minimum atomic E-state index is -1.45. The van der Waals surface area contributed by atoms with Gasteiger partial charge in [-0.15, -0.1) is 0 Å². The Kier molecular flexibility index (Phi) is 4.16. The van der Waals surface area contributed by atoms with E-state index in [9.17, 15) is 0 Å². The van der Waals surface area contributed by atoms with Gasteiger partial charge in [0.05, 0.1) is 0 Å². The highest BCUT2D eigenvalue weighted by Gasteiger charge is 2.50. The molecule has 0 aromatic rings. The van der Waals surface area contributed by atoms with E-state index in [0.717, 1.165) is 19.4 Å². The van der Waals surface area contributed by atoms with Crippen LogP contribution in [-0.2, 0) is 9.16 Å². The highest BCUT2D eigenvalue weighted by atomic mass is 28.4. The van der Waals surface area contributed by atoms with E-state index in [-0.39, 0.29) is 5.79 Å². The lowest BCUT2D eigenvalue weighted by Gasteiger charge is -2.33. The number of rotatable bonds is 7. The second-order valence-electron chi connectivity index (χ2n) is 4.19. The Hall–Kier alpha value is 0.137. The highest BCUT2D eigenvalue weighted by Crippen LogP contribution is 2.45. The molecule has 0 unspecified atom stereocenters. The second kappa shape index (κ2) is 4.77. The smallest absolute Gasteiger partial charge is 0.195 e. The van der Waals surface area contributed by atoms with Gasteiger partial charge in [-0.3, -0.25) is 0 Å². The maximum absolute atomic E-state index is 6.34. The first kappa shape index (κ1) is 12.2. The van der Waals surface area contributed by atoms with Crippen LogP contribution in [0.4, 0.5) is 0 Å². The highest BCUT2D eigenvalue weighted by molar-refractivity contribution is 6.73. The summed E-state index contributed by atoms with van der Waals surface area (Å²) in [6, 6.07) is 3.65. The minimum absolute atomic E-state index is 0.150. The first-order valence-corrected chi connectivity index (χ1v) is 8.53. The first-order valence-electron chi connectivity index (χ1n) is 6.00. The summed E-state index contributed by atoms with van der Waals surface area (Å²) in [5, 5.41) is 0. The molecule has 0 aromatic carbocycles. The predicted molar refractivity (Wildman–Crippen MR) is 61.9 cm³/mol. The average Bonchev–Trinajstić information content (AvgIpc) is 2.96. The molecule has 1 aliphatic rings. The van der Waals surface area contributed by atoms with E-state index < -0.39 is 8.32 Å². The van der Waals surface area contributed by atoms with Gasteiger partial charge in [-0.2, -0.15) is 0 Å². The van der Waals surface area contributed by atoms with Crippen molar-refractivity contribution in [2.45, 2.75) is 64.5 Å². The third kappa shape index (κ3) is 2.58. The van der Waals surface area contributed by atoms with Crippen molar-refractivity contribution in [2.24, 2.45) is 0 Å². The lowest BCUT2D eigenvalue weighted by Crippen LogP contribution is -2.42. The fraction of sp³-hybridized carbons (Fsp3) is 1.00. The fourth-order valence-electron chi connectivity index (χ4n) is 2.00. The summed E-state index contributed by atoms with van der Waals surface area (Å²) in [5.41, 5.74) is 0. The van der Waals surface area contributed by atoms with Crippen LogP contribution in [0, 0.1) is 0 Å². The SMILES string of the molecule is CCOC1(O[Si](CC)(CC)CC)CC1. The summed E-state index contributed by atoms with van der Waals surface area (Å²) >= 11 is 0. The summed E-state index contributed by atoms with van der Waals surface area (Å²) in [5.74, 6) is -0.150. The zero-order chi connectivity index (χ0) is 10.7. The van der Waals surface area contributed by atoms with Gasteiger partial charge < -0.3 is 9.16 Å². The summed E-state index contributed by atoms with van der Waals surface area (Å²) in [6.45, 7) is 9.63. The molecule has 14 heavy (non-hydrogen) atoms. The fourth-order valence-corrected chi connectivity index (χ4v) is 4.99. The molecule has 0 radical (unpaired) electrons. The molecule has 1 rings (SSSR count). The van der Waals surface area contributed by atoms with Gasteiger partial charge in [0.15, 0.2) is 14.1 Å². The average molecular weight is 216 g/mol. The Balaban J connectivity index is 2.54. The molecule has 0 bridgehead atoms. The lowest BCUT2D eigenvalue weighted by molar-refractivity contribution is -0.108. The predicted octanol–water partition coefficient (Wildman–Crippen LogP) is 3.53. The van der Waals surface area contributed by atoms with Crippen LogP contribution >= 0.6 is 0 Å². The molecule has 0 amide bonds. The molecule has 1 saturated carbocycles. The van der Waals surface area contributed by atoms with Gasteiger partial charge in [-0.05, 0) is 25.1 Å². The normalized spacial score (nSPS) is 19.7. The number of hydrogen-bond acceptors (Lipinski definition) is 2. The van der Waals surface area contributed by atoms with Crippen LogP contribution in [0.3, 0.4) is 0 Å². The molecular weight excluding hydrogens is 192 g/mol. The van der Waals surface area contributed by atoms with E-state index in [0.29, 0.717) is 0 Å². The van der Waals surface area contributed by atoms with Crippen molar-refractivity contribution in [3.05, 3.63) is 0 Å². The first-order chi connectivity index (χ1) is 6.66. The molecule has 0 N–H and O–H groups in total. The van der Waals surface area contributed by atoms with Crippen LogP contribution in [0.5, 0.6) is 0 Å². The monoisotopic (exact) mass is 216 g/mol. The molecule has 0 saturated heterocycles. The molecule has 0 heterocycles. The van der Waals surface area contributed by atoms with E-state index in [1.165, 1.54) is 18.1 Å². The van der Waals surface area contributed by atoms with Gasteiger partial charge in [-0.25, -0.2) is 0 Å². The van der Waals surface area contributed by atoms with Gasteiger partial charge in [0.2, 0.25) is 0 Å². The Bertz CT molecular complexity index is 166. The van der Waals surface area contributed by atoms with E-state index in [1.54, 1.807) is 0 Å². The molecule has 1 fully saturated rings. The van der Waals surface area contributed by atoms with Crippen LogP contribution in [0.2, 0.25) is 18.1 Å². The van der Waals surface area contributed by atoms with Crippen molar-refractivity contribution in [1.82, 2.24) is 0 Å². The van der Waals surface area contributed by atoms with E-state index in [2.05, 4.69) is 27.7 Å². The molecule has 0 aromatic heterocycles. The largest absolute Gasteiger partial charge is 0.390 e. The van der Waals surface area contributed by atoms with Crippen LogP contribution < -0.4 is 0 Å². The van der Waals surface area contributed by atoms with Crippen molar-refractivity contribution < 1.29 is 9.16 Å². The molecule has 1 aliphatic carbocycles. The Labute approximate surface area is 89.1 Å². The van der Waals surface area contributed by atoms with Crippen LogP contribution in [0.1, 0.15) is 40.5 Å². The third-order valence-corrected chi connectivity index (χ3v) is 8.07. The second-order valence-corrected chi connectivity index (χ2v) is 8.88. The van der Waals surface area contributed by atoms with Crippen LogP contribution in [0.15, 0.2) is 0 Å². The molecule has 0 spiro atoms. The van der Waals surface area contributed by atoms with Gasteiger partial charge in [0.1, 0.15) is 0 Å². The summed E-state index contributed by atoms with van der Waals surface area (Å²) in [7, 11) is -1.45. The maximum Gasteiger partial charge on any atom is 0.195 e. The van der Waals surface area contributed by atoms with E-state index in [1.807, 2.05) is 0 Å². The van der Waals surface area contributed by atoms with Crippen molar-refractivity contribution in [3.8, 4) is 0 Å². The number of hydrogen-bond donors (Lipinski definition) is 0. The topological polar surface area (TPSA) is 18.5 Å². The maximum atomic E-state index is 6.34. The summed E-state index contributed by atoms with van der Waals surface area (Å²) in [6.07, 6.45) is 2.21. The molecule has 0 atom stereocenters. The minimum Gasteiger partial charge on any atom is -0.390 e. The quantitative estimate of drug-likeness (QED) is 0.479.